The minimum Gasteiger partial charge on any atom is -0.478 e. The molecule has 0 saturated heterocycles. The SMILES string of the molecule is CC(C)(C)C(=O)c1cc2c(-c3ccc(C(=O)O)cc3)cccc2[nH]1. The van der Waals surface area contributed by atoms with Crippen molar-refractivity contribution < 1.29 is 14.7 Å². The molecular weight excluding hydrogens is 302 g/mol. The van der Waals surface area contributed by atoms with Gasteiger partial charge < -0.3 is 10.1 Å². The van der Waals surface area contributed by atoms with Crippen molar-refractivity contribution in [1.82, 2.24) is 4.98 Å². The molecule has 0 aliphatic heterocycles. The van der Waals surface area contributed by atoms with Crippen molar-refractivity contribution in [2.45, 2.75) is 20.8 Å². The van der Waals surface area contributed by atoms with Gasteiger partial charge in [-0.3, -0.25) is 4.79 Å². The number of aromatic carboxylic acids is 1. The first kappa shape index (κ1) is 16.0. The third-order valence-electron chi connectivity index (χ3n) is 4.03. The van der Waals surface area contributed by atoms with Crippen molar-refractivity contribution in [1.29, 1.82) is 0 Å². The lowest BCUT2D eigenvalue weighted by molar-refractivity contribution is 0.0696. The Labute approximate surface area is 140 Å². The van der Waals surface area contributed by atoms with Crippen LogP contribution in [0.1, 0.15) is 41.6 Å². The molecule has 0 atom stereocenters. The number of nitrogens with one attached hydrogen (secondary N) is 1. The zero-order valence-corrected chi connectivity index (χ0v) is 13.9. The van der Waals surface area contributed by atoms with Crippen LogP contribution in [0.3, 0.4) is 0 Å². The molecule has 0 spiro atoms. The van der Waals surface area contributed by atoms with Crippen LogP contribution in [-0.4, -0.2) is 21.8 Å². The Bertz CT molecular complexity index is 928. The molecule has 0 bridgehead atoms. The van der Waals surface area contributed by atoms with E-state index in [2.05, 4.69) is 4.98 Å². The van der Waals surface area contributed by atoms with E-state index in [1.165, 1.54) is 0 Å². The number of carboxylic acid groups (broad SMARTS) is 1. The molecule has 4 nitrogen and oxygen atoms in total. The number of fused-ring (bicyclic) bond motifs is 1. The molecule has 122 valence electrons. The fraction of sp³-hybridized carbons (Fsp3) is 0.200. The van der Waals surface area contributed by atoms with Crippen LogP contribution in [0.2, 0.25) is 0 Å². The van der Waals surface area contributed by atoms with Crippen LogP contribution in [0, 0.1) is 5.41 Å². The van der Waals surface area contributed by atoms with E-state index in [0.29, 0.717) is 5.69 Å². The average Bonchev–Trinajstić information content (AvgIpc) is 2.97. The number of carbonyl (C=O) groups excluding carboxylic acids is 1. The summed E-state index contributed by atoms with van der Waals surface area (Å²) in [5.74, 6) is -0.884. The second-order valence-electron chi connectivity index (χ2n) is 6.91. The number of hydrogen-bond donors (Lipinski definition) is 2. The summed E-state index contributed by atoms with van der Waals surface area (Å²) in [6, 6.07) is 14.5. The predicted octanol–water partition coefficient (Wildman–Crippen LogP) is 4.76. The minimum atomic E-state index is -0.945. The fourth-order valence-electron chi connectivity index (χ4n) is 2.73. The third-order valence-corrected chi connectivity index (χ3v) is 4.03. The Balaban J connectivity index is 2.10. The van der Waals surface area contributed by atoms with E-state index in [0.717, 1.165) is 22.0 Å². The van der Waals surface area contributed by atoms with Crippen LogP contribution in [-0.2, 0) is 0 Å². The summed E-state index contributed by atoms with van der Waals surface area (Å²) in [5.41, 5.74) is 3.16. The largest absolute Gasteiger partial charge is 0.478 e. The topological polar surface area (TPSA) is 70.2 Å². The molecule has 1 heterocycles. The molecule has 0 aliphatic rings. The number of ketones is 1. The van der Waals surface area contributed by atoms with Gasteiger partial charge in [0, 0.05) is 16.3 Å². The molecule has 4 heteroatoms. The lowest BCUT2D eigenvalue weighted by Crippen LogP contribution is -2.20. The van der Waals surface area contributed by atoms with E-state index < -0.39 is 11.4 Å². The maximum Gasteiger partial charge on any atom is 0.335 e. The smallest absolute Gasteiger partial charge is 0.335 e. The Morgan fingerprint density at radius 2 is 1.67 bits per heavy atom. The number of Topliss-reactive ketones (excluding diaryl/α,β-unsaturated/α-hetero) is 1. The van der Waals surface area contributed by atoms with Crippen molar-refractivity contribution >= 4 is 22.7 Å². The Hall–Kier alpha value is -2.88. The quantitative estimate of drug-likeness (QED) is 0.683. The van der Waals surface area contributed by atoms with Crippen molar-refractivity contribution in [3.05, 3.63) is 59.8 Å². The summed E-state index contributed by atoms with van der Waals surface area (Å²) >= 11 is 0. The van der Waals surface area contributed by atoms with E-state index in [9.17, 15) is 9.59 Å². The molecule has 0 aliphatic carbocycles. The van der Waals surface area contributed by atoms with Crippen LogP contribution in [0.4, 0.5) is 0 Å². The van der Waals surface area contributed by atoms with Gasteiger partial charge >= 0.3 is 5.97 Å². The number of H-pyrrole nitrogens is 1. The molecule has 0 unspecified atom stereocenters. The van der Waals surface area contributed by atoms with Crippen LogP contribution < -0.4 is 0 Å². The summed E-state index contributed by atoms with van der Waals surface area (Å²) in [6.45, 7) is 5.69. The first-order chi connectivity index (χ1) is 11.3. The number of benzene rings is 2. The fourth-order valence-corrected chi connectivity index (χ4v) is 2.73. The monoisotopic (exact) mass is 321 g/mol. The van der Waals surface area contributed by atoms with E-state index in [1.54, 1.807) is 24.3 Å². The molecule has 2 aromatic carbocycles. The van der Waals surface area contributed by atoms with Crippen LogP contribution in [0.15, 0.2) is 48.5 Å². The summed E-state index contributed by atoms with van der Waals surface area (Å²) < 4.78 is 0. The van der Waals surface area contributed by atoms with Crippen LogP contribution in [0.5, 0.6) is 0 Å². The van der Waals surface area contributed by atoms with Gasteiger partial charge in [-0.25, -0.2) is 4.79 Å². The highest BCUT2D eigenvalue weighted by Crippen LogP contribution is 2.31. The van der Waals surface area contributed by atoms with E-state index in [1.807, 2.05) is 45.0 Å². The van der Waals surface area contributed by atoms with Gasteiger partial charge in [-0.1, -0.05) is 45.0 Å². The second-order valence-corrected chi connectivity index (χ2v) is 6.91. The van der Waals surface area contributed by atoms with Gasteiger partial charge in [-0.05, 0) is 35.4 Å². The van der Waals surface area contributed by atoms with Crippen molar-refractivity contribution in [2.75, 3.05) is 0 Å². The van der Waals surface area contributed by atoms with Crippen LogP contribution >= 0.6 is 0 Å². The van der Waals surface area contributed by atoms with Crippen LogP contribution in [0.25, 0.3) is 22.0 Å². The molecule has 24 heavy (non-hydrogen) atoms. The van der Waals surface area contributed by atoms with E-state index in [4.69, 9.17) is 5.11 Å². The van der Waals surface area contributed by atoms with Crippen molar-refractivity contribution in [2.24, 2.45) is 5.41 Å². The summed E-state index contributed by atoms with van der Waals surface area (Å²) in [5, 5.41) is 9.97. The molecule has 0 amide bonds. The third kappa shape index (κ3) is 2.83. The van der Waals surface area contributed by atoms with Gasteiger partial charge in [0.05, 0.1) is 11.3 Å². The molecule has 1 aromatic heterocycles. The number of hydrogen-bond acceptors (Lipinski definition) is 2. The molecule has 3 aromatic rings. The zero-order chi connectivity index (χ0) is 17.5. The first-order valence-electron chi connectivity index (χ1n) is 7.77. The highest BCUT2D eigenvalue weighted by Gasteiger charge is 2.24. The summed E-state index contributed by atoms with van der Waals surface area (Å²) in [6.07, 6.45) is 0. The molecule has 0 saturated carbocycles. The highest BCUT2D eigenvalue weighted by molar-refractivity contribution is 6.05. The van der Waals surface area contributed by atoms with E-state index >= 15 is 0 Å². The maximum atomic E-state index is 12.5. The van der Waals surface area contributed by atoms with Gasteiger partial charge in [-0.15, -0.1) is 0 Å². The first-order valence-corrected chi connectivity index (χ1v) is 7.77. The lowest BCUT2D eigenvalue weighted by Gasteiger charge is -2.14. The molecule has 3 rings (SSSR count). The number of aromatic nitrogens is 1. The Morgan fingerprint density at radius 3 is 2.25 bits per heavy atom. The summed E-state index contributed by atoms with van der Waals surface area (Å²) in [7, 11) is 0. The molecule has 0 fully saturated rings. The number of carboxylic acids is 1. The Morgan fingerprint density at radius 1 is 1.00 bits per heavy atom. The maximum absolute atomic E-state index is 12.5. The second kappa shape index (κ2) is 5.64. The zero-order valence-electron chi connectivity index (χ0n) is 13.9. The van der Waals surface area contributed by atoms with Gasteiger partial charge in [0.25, 0.3) is 0 Å². The average molecular weight is 321 g/mol. The molecule has 2 N–H and O–H groups in total. The van der Waals surface area contributed by atoms with Gasteiger partial charge in [0.1, 0.15) is 0 Å². The van der Waals surface area contributed by atoms with Gasteiger partial charge in [0.2, 0.25) is 0 Å². The molecule has 0 radical (unpaired) electrons. The van der Waals surface area contributed by atoms with Gasteiger partial charge in [-0.2, -0.15) is 0 Å². The van der Waals surface area contributed by atoms with Gasteiger partial charge in [0.15, 0.2) is 5.78 Å². The van der Waals surface area contributed by atoms with Crippen molar-refractivity contribution in [3.63, 3.8) is 0 Å². The minimum absolute atomic E-state index is 0.0610. The number of rotatable bonds is 3. The standard InChI is InChI=1S/C20H19NO3/c1-20(2,3)18(22)17-11-15-14(5-4-6-16(15)21-17)12-7-9-13(10-8-12)19(23)24/h4-11,21H,1-3H3,(H,23,24). The van der Waals surface area contributed by atoms with Crippen molar-refractivity contribution in [3.8, 4) is 11.1 Å². The predicted molar refractivity (Wildman–Crippen MR) is 94.5 cm³/mol. The normalized spacial score (nSPS) is 11.6. The number of aromatic amines is 1. The Kier molecular flexibility index (Phi) is 3.76. The highest BCUT2D eigenvalue weighted by atomic mass is 16.4. The summed E-state index contributed by atoms with van der Waals surface area (Å²) in [4.78, 5) is 26.7. The lowest BCUT2D eigenvalue weighted by atomic mass is 9.89. The number of carbonyl (C=O) groups is 2. The van der Waals surface area contributed by atoms with E-state index in [-0.39, 0.29) is 11.3 Å². The molecular formula is C20H19NO3.